The predicted octanol–water partition coefficient (Wildman–Crippen LogP) is 4.09. The quantitative estimate of drug-likeness (QED) is 0.350. The van der Waals surface area contributed by atoms with Gasteiger partial charge in [0.1, 0.15) is 23.6 Å². The molecule has 0 saturated heterocycles. The van der Waals surface area contributed by atoms with E-state index in [4.69, 9.17) is 0 Å². The summed E-state index contributed by atoms with van der Waals surface area (Å²) in [6.45, 7) is 3.73. The van der Waals surface area contributed by atoms with Gasteiger partial charge in [-0.3, -0.25) is 9.52 Å². The molecular weight excluding hydrogens is 452 g/mol. The number of nitrogens with one attached hydrogen (secondary N) is 3. The molecule has 3 N–H and O–H groups in total. The van der Waals surface area contributed by atoms with E-state index in [1.807, 2.05) is 13.8 Å². The molecule has 0 aliphatic heterocycles. The smallest absolute Gasteiger partial charge is 0.261 e. The Morgan fingerprint density at radius 3 is 2.48 bits per heavy atom. The standard InChI is InChI=1S/C22H19F2N5O3S/c1-12(2)28-22-17-14(10-25-21(17)26-11-27-22)20(30)18-15(23)8-9-16(19(18)24)29-33(31,32)13-6-4-3-5-7-13/h3-12,29H,1-2H3,(H2,25,26,27,28). The maximum Gasteiger partial charge on any atom is 0.261 e. The Bertz CT molecular complexity index is 1450. The monoisotopic (exact) mass is 471 g/mol. The normalized spacial score (nSPS) is 11.7. The number of carbonyl (C=O) groups excluding carboxylic acids is 1. The van der Waals surface area contributed by atoms with E-state index in [0.29, 0.717) is 11.5 Å². The summed E-state index contributed by atoms with van der Waals surface area (Å²) in [5, 5.41) is 3.34. The van der Waals surface area contributed by atoms with E-state index >= 15 is 4.39 Å². The van der Waals surface area contributed by atoms with Gasteiger partial charge in [-0.25, -0.2) is 27.2 Å². The molecule has 0 unspecified atom stereocenters. The summed E-state index contributed by atoms with van der Waals surface area (Å²) in [5.41, 5.74) is -1.21. The van der Waals surface area contributed by atoms with Crippen LogP contribution >= 0.6 is 0 Å². The maximum atomic E-state index is 15.3. The molecular formula is C22H19F2N5O3S. The molecule has 0 aliphatic carbocycles. The Balaban J connectivity index is 1.79. The predicted molar refractivity (Wildman–Crippen MR) is 120 cm³/mol. The highest BCUT2D eigenvalue weighted by Gasteiger charge is 2.27. The third kappa shape index (κ3) is 4.27. The lowest BCUT2D eigenvalue weighted by Gasteiger charge is -2.13. The largest absolute Gasteiger partial charge is 0.367 e. The van der Waals surface area contributed by atoms with Crippen LogP contribution in [0.15, 0.2) is 59.9 Å². The first kappa shape index (κ1) is 22.3. The van der Waals surface area contributed by atoms with Crippen LogP contribution in [0.3, 0.4) is 0 Å². The summed E-state index contributed by atoms with van der Waals surface area (Å²) < 4.78 is 57.2. The number of sulfonamides is 1. The molecule has 0 atom stereocenters. The van der Waals surface area contributed by atoms with Gasteiger partial charge in [-0.05, 0) is 38.1 Å². The molecule has 4 aromatic rings. The molecule has 8 nitrogen and oxygen atoms in total. The van der Waals surface area contributed by atoms with Crippen LogP contribution < -0.4 is 10.0 Å². The zero-order valence-corrected chi connectivity index (χ0v) is 18.4. The molecule has 33 heavy (non-hydrogen) atoms. The van der Waals surface area contributed by atoms with Crippen LogP contribution in [0.1, 0.15) is 29.8 Å². The number of ketones is 1. The van der Waals surface area contributed by atoms with Crippen molar-refractivity contribution in [1.29, 1.82) is 0 Å². The molecule has 2 aromatic heterocycles. The Labute approximate surface area is 188 Å². The minimum atomic E-state index is -4.16. The Kier molecular flexibility index (Phi) is 5.81. The molecule has 0 fully saturated rings. The van der Waals surface area contributed by atoms with Crippen LogP contribution in [0.25, 0.3) is 11.0 Å². The topological polar surface area (TPSA) is 117 Å². The molecule has 0 spiro atoms. The number of carbonyl (C=O) groups is 1. The number of aromatic nitrogens is 3. The van der Waals surface area contributed by atoms with Crippen LogP contribution in [0.2, 0.25) is 0 Å². The molecule has 170 valence electrons. The number of benzene rings is 2. The number of H-pyrrole nitrogens is 1. The van der Waals surface area contributed by atoms with Crippen molar-refractivity contribution in [1.82, 2.24) is 15.0 Å². The summed E-state index contributed by atoms with van der Waals surface area (Å²) in [6, 6.07) is 9.00. The van der Waals surface area contributed by atoms with E-state index in [-0.39, 0.29) is 21.9 Å². The SMILES string of the molecule is CC(C)Nc1ncnc2[nH]cc(C(=O)c3c(F)ccc(NS(=O)(=O)c4ccccc4)c3F)c12. The van der Waals surface area contributed by atoms with Crippen LogP contribution in [0, 0.1) is 11.6 Å². The lowest BCUT2D eigenvalue weighted by molar-refractivity contribution is 0.103. The summed E-state index contributed by atoms with van der Waals surface area (Å²) >= 11 is 0. The number of nitrogens with zero attached hydrogens (tertiary/aromatic N) is 2. The fourth-order valence-corrected chi connectivity index (χ4v) is 4.38. The van der Waals surface area contributed by atoms with Gasteiger partial charge in [0.15, 0.2) is 5.82 Å². The van der Waals surface area contributed by atoms with Gasteiger partial charge in [-0.2, -0.15) is 0 Å². The van der Waals surface area contributed by atoms with Crippen LogP contribution in [-0.2, 0) is 10.0 Å². The van der Waals surface area contributed by atoms with Gasteiger partial charge in [0.2, 0.25) is 5.78 Å². The first-order valence-electron chi connectivity index (χ1n) is 9.88. The van der Waals surface area contributed by atoms with Gasteiger partial charge < -0.3 is 10.3 Å². The minimum Gasteiger partial charge on any atom is -0.367 e. The highest BCUT2D eigenvalue weighted by atomic mass is 32.2. The van der Waals surface area contributed by atoms with Crippen molar-refractivity contribution in [2.75, 3.05) is 10.0 Å². The number of anilines is 2. The second kappa shape index (κ2) is 8.58. The second-order valence-electron chi connectivity index (χ2n) is 7.48. The summed E-state index contributed by atoms with van der Waals surface area (Å²) in [6.07, 6.45) is 2.57. The Hall–Kier alpha value is -3.86. The van der Waals surface area contributed by atoms with E-state index in [0.717, 1.165) is 12.1 Å². The van der Waals surface area contributed by atoms with Crippen molar-refractivity contribution in [3.05, 3.63) is 77.8 Å². The van der Waals surface area contributed by atoms with Crippen LogP contribution in [0.4, 0.5) is 20.3 Å². The molecule has 2 aromatic carbocycles. The zero-order chi connectivity index (χ0) is 23.8. The first-order chi connectivity index (χ1) is 15.7. The lowest BCUT2D eigenvalue weighted by Crippen LogP contribution is -2.16. The molecule has 0 radical (unpaired) electrons. The zero-order valence-electron chi connectivity index (χ0n) is 17.6. The highest BCUT2D eigenvalue weighted by molar-refractivity contribution is 7.92. The second-order valence-corrected chi connectivity index (χ2v) is 9.16. The van der Waals surface area contributed by atoms with Crippen molar-refractivity contribution in [3.8, 4) is 0 Å². The highest BCUT2D eigenvalue weighted by Crippen LogP contribution is 2.30. The number of hydrogen-bond acceptors (Lipinski definition) is 6. The number of aromatic amines is 1. The van der Waals surface area contributed by atoms with Gasteiger partial charge in [0.25, 0.3) is 10.0 Å². The fraction of sp³-hybridized carbons (Fsp3) is 0.136. The summed E-state index contributed by atoms with van der Waals surface area (Å²) in [4.78, 5) is 24.1. The van der Waals surface area contributed by atoms with E-state index in [2.05, 4.69) is 25.0 Å². The third-order valence-corrected chi connectivity index (χ3v) is 6.14. The Morgan fingerprint density at radius 2 is 1.79 bits per heavy atom. The number of hydrogen-bond donors (Lipinski definition) is 3. The van der Waals surface area contributed by atoms with Gasteiger partial charge in [-0.1, -0.05) is 18.2 Å². The van der Waals surface area contributed by atoms with E-state index < -0.39 is 38.7 Å². The average molecular weight is 471 g/mol. The minimum absolute atomic E-state index is 0.0369. The van der Waals surface area contributed by atoms with Crippen molar-refractivity contribution >= 4 is 38.3 Å². The van der Waals surface area contributed by atoms with Crippen molar-refractivity contribution < 1.29 is 22.0 Å². The molecule has 2 heterocycles. The van der Waals surface area contributed by atoms with Crippen molar-refractivity contribution in [3.63, 3.8) is 0 Å². The number of rotatable bonds is 7. The molecule has 4 rings (SSSR count). The Morgan fingerprint density at radius 1 is 1.06 bits per heavy atom. The van der Waals surface area contributed by atoms with Crippen LogP contribution in [-0.4, -0.2) is 35.2 Å². The van der Waals surface area contributed by atoms with E-state index in [9.17, 15) is 17.6 Å². The van der Waals surface area contributed by atoms with Crippen LogP contribution in [0.5, 0.6) is 0 Å². The number of halogens is 2. The lowest BCUT2D eigenvalue weighted by atomic mass is 10.0. The van der Waals surface area contributed by atoms with E-state index in [1.165, 1.54) is 36.8 Å². The van der Waals surface area contributed by atoms with Gasteiger partial charge in [0.05, 0.1) is 27.1 Å². The van der Waals surface area contributed by atoms with Gasteiger partial charge in [0, 0.05) is 12.2 Å². The molecule has 0 bridgehead atoms. The molecule has 0 amide bonds. The van der Waals surface area contributed by atoms with E-state index in [1.54, 1.807) is 6.07 Å². The maximum absolute atomic E-state index is 15.3. The molecule has 0 saturated carbocycles. The average Bonchev–Trinajstić information content (AvgIpc) is 3.21. The molecule has 11 heteroatoms. The van der Waals surface area contributed by atoms with Crippen molar-refractivity contribution in [2.45, 2.75) is 24.8 Å². The molecule has 0 aliphatic rings. The van der Waals surface area contributed by atoms with Gasteiger partial charge >= 0.3 is 0 Å². The van der Waals surface area contributed by atoms with Gasteiger partial charge in [-0.15, -0.1) is 0 Å². The third-order valence-electron chi connectivity index (χ3n) is 4.76. The summed E-state index contributed by atoms with van der Waals surface area (Å²) in [7, 11) is -4.16. The fourth-order valence-electron chi connectivity index (χ4n) is 3.30. The summed E-state index contributed by atoms with van der Waals surface area (Å²) in [5.74, 6) is -3.13. The number of fused-ring (bicyclic) bond motifs is 1. The van der Waals surface area contributed by atoms with Crippen molar-refractivity contribution in [2.24, 2.45) is 0 Å². The first-order valence-corrected chi connectivity index (χ1v) is 11.4.